The van der Waals surface area contributed by atoms with E-state index in [4.69, 9.17) is 4.42 Å². The molecule has 11 nitrogen and oxygen atoms in total. The third-order valence-electron chi connectivity index (χ3n) is 5.19. The number of aliphatic hydroxyl groups excluding tert-OH is 1. The average molecular weight is 459 g/mol. The minimum absolute atomic E-state index is 0.0709. The fraction of sp³-hybridized carbons (Fsp3) is 0.182. The molecule has 4 aromatic heterocycles. The number of fused-ring (bicyclic) bond motifs is 1. The fourth-order valence-electron chi connectivity index (χ4n) is 3.59. The van der Waals surface area contributed by atoms with E-state index in [2.05, 4.69) is 30.6 Å². The van der Waals surface area contributed by atoms with Crippen molar-refractivity contribution in [2.45, 2.75) is 26.9 Å². The van der Waals surface area contributed by atoms with Crippen molar-refractivity contribution in [2.75, 3.05) is 5.32 Å². The van der Waals surface area contributed by atoms with Gasteiger partial charge >= 0.3 is 6.01 Å². The number of rotatable bonds is 5. The highest BCUT2D eigenvalue weighted by molar-refractivity contribution is 5.82. The number of nitrogens with zero attached hydrogens (tertiary/aromatic N) is 8. The summed E-state index contributed by atoms with van der Waals surface area (Å²) in [6.45, 7) is 5.04. The number of imidazole rings is 1. The first-order valence-electron chi connectivity index (χ1n) is 10.2. The standard InChI is InChI=1S/C22H18FN9O2/c1-11-6-14(9-24)30-32(11)21-15(12(2)33)4-5-20(27-21)31-10-25-18-8-17(16(23)7-19(18)31)26-22-29-28-13(3)34-22/h4-8,10,12,33H,1-3H3,(H,26,29). The Bertz CT molecular complexity index is 1580. The minimum atomic E-state index is -0.829. The van der Waals surface area contributed by atoms with Gasteiger partial charge in [0.15, 0.2) is 11.5 Å². The lowest BCUT2D eigenvalue weighted by Crippen LogP contribution is -2.11. The molecule has 0 spiro atoms. The molecule has 0 fully saturated rings. The quantitative estimate of drug-likeness (QED) is 0.404. The summed E-state index contributed by atoms with van der Waals surface area (Å²) in [5, 5.41) is 34.0. The van der Waals surface area contributed by atoms with Crippen LogP contribution in [0.1, 0.15) is 35.9 Å². The molecule has 1 atom stereocenters. The van der Waals surface area contributed by atoms with E-state index >= 15 is 0 Å². The van der Waals surface area contributed by atoms with Gasteiger partial charge < -0.3 is 14.8 Å². The molecule has 12 heteroatoms. The Kier molecular flexibility index (Phi) is 5.03. The van der Waals surface area contributed by atoms with Gasteiger partial charge in [0.1, 0.15) is 24.0 Å². The molecule has 1 aromatic carbocycles. The molecule has 0 saturated heterocycles. The first-order chi connectivity index (χ1) is 16.3. The lowest BCUT2D eigenvalue weighted by Gasteiger charge is -2.14. The lowest BCUT2D eigenvalue weighted by atomic mass is 10.1. The molecule has 2 N–H and O–H groups in total. The van der Waals surface area contributed by atoms with Crippen LogP contribution >= 0.6 is 0 Å². The highest BCUT2D eigenvalue weighted by Crippen LogP contribution is 2.28. The van der Waals surface area contributed by atoms with Crippen molar-refractivity contribution in [3.63, 3.8) is 0 Å². The maximum Gasteiger partial charge on any atom is 0.320 e. The van der Waals surface area contributed by atoms with Crippen LogP contribution in [0.4, 0.5) is 16.1 Å². The third-order valence-corrected chi connectivity index (χ3v) is 5.19. The van der Waals surface area contributed by atoms with Crippen molar-refractivity contribution >= 4 is 22.7 Å². The highest BCUT2D eigenvalue weighted by Gasteiger charge is 2.18. The Labute approximate surface area is 192 Å². The first kappa shape index (κ1) is 21.2. The second-order valence-corrected chi connectivity index (χ2v) is 7.64. The van der Waals surface area contributed by atoms with Gasteiger partial charge in [-0.3, -0.25) is 4.57 Å². The van der Waals surface area contributed by atoms with E-state index in [0.717, 1.165) is 0 Å². The zero-order chi connectivity index (χ0) is 24.0. The van der Waals surface area contributed by atoms with Crippen LogP contribution in [0.2, 0.25) is 0 Å². The Morgan fingerprint density at radius 1 is 1.21 bits per heavy atom. The fourth-order valence-corrected chi connectivity index (χ4v) is 3.59. The molecular weight excluding hydrogens is 441 g/mol. The lowest BCUT2D eigenvalue weighted by molar-refractivity contribution is 0.198. The van der Waals surface area contributed by atoms with Gasteiger partial charge in [-0.05, 0) is 38.1 Å². The van der Waals surface area contributed by atoms with E-state index in [0.29, 0.717) is 39.8 Å². The number of aliphatic hydroxyl groups is 1. The van der Waals surface area contributed by atoms with Gasteiger partial charge in [0.05, 0.1) is 22.8 Å². The number of pyridine rings is 1. The number of nitriles is 1. The van der Waals surface area contributed by atoms with Gasteiger partial charge in [-0.25, -0.2) is 19.0 Å². The zero-order valence-electron chi connectivity index (χ0n) is 18.4. The molecule has 5 aromatic rings. The zero-order valence-corrected chi connectivity index (χ0v) is 18.4. The summed E-state index contributed by atoms with van der Waals surface area (Å²) in [6.07, 6.45) is 0.694. The number of halogens is 1. The second kappa shape index (κ2) is 8.05. The molecular formula is C22H18FN9O2. The highest BCUT2D eigenvalue weighted by atomic mass is 19.1. The molecule has 0 aliphatic heterocycles. The summed E-state index contributed by atoms with van der Waals surface area (Å²) < 4.78 is 23.3. The van der Waals surface area contributed by atoms with E-state index < -0.39 is 11.9 Å². The molecule has 1 unspecified atom stereocenters. The van der Waals surface area contributed by atoms with Gasteiger partial charge in [0, 0.05) is 24.2 Å². The Morgan fingerprint density at radius 2 is 2.03 bits per heavy atom. The Balaban J connectivity index is 1.60. The topological polar surface area (TPSA) is 144 Å². The van der Waals surface area contributed by atoms with E-state index in [1.807, 2.05) is 6.07 Å². The molecule has 34 heavy (non-hydrogen) atoms. The number of nitrogens with one attached hydrogen (secondary N) is 1. The van der Waals surface area contributed by atoms with Crippen LogP contribution in [0.5, 0.6) is 0 Å². The van der Waals surface area contributed by atoms with E-state index in [1.54, 1.807) is 43.5 Å². The van der Waals surface area contributed by atoms with Gasteiger partial charge in [-0.15, -0.1) is 5.10 Å². The van der Waals surface area contributed by atoms with E-state index in [9.17, 15) is 14.8 Å². The summed E-state index contributed by atoms with van der Waals surface area (Å²) in [4.78, 5) is 9.04. The normalized spacial score (nSPS) is 12.1. The van der Waals surface area contributed by atoms with Gasteiger partial charge in [-0.1, -0.05) is 5.10 Å². The monoisotopic (exact) mass is 459 g/mol. The van der Waals surface area contributed by atoms with Crippen LogP contribution in [-0.2, 0) is 0 Å². The van der Waals surface area contributed by atoms with Crippen LogP contribution in [0.3, 0.4) is 0 Å². The van der Waals surface area contributed by atoms with Crippen molar-refractivity contribution in [3.05, 3.63) is 65.3 Å². The molecule has 4 heterocycles. The summed E-state index contributed by atoms with van der Waals surface area (Å²) in [6, 6.07) is 9.97. The summed E-state index contributed by atoms with van der Waals surface area (Å²) in [5.74, 6) is 0.597. The minimum Gasteiger partial charge on any atom is -0.408 e. The number of aromatic nitrogens is 7. The SMILES string of the molecule is Cc1nnc(Nc2cc3ncn(-c4ccc(C(C)O)c(-n5nc(C#N)cc5C)n4)c3cc2F)o1. The predicted molar refractivity (Wildman–Crippen MR) is 118 cm³/mol. The van der Waals surface area contributed by atoms with Crippen molar-refractivity contribution in [1.82, 2.24) is 34.5 Å². The van der Waals surface area contributed by atoms with Crippen molar-refractivity contribution in [3.8, 4) is 17.7 Å². The van der Waals surface area contributed by atoms with Gasteiger partial charge in [0.25, 0.3) is 0 Å². The van der Waals surface area contributed by atoms with Crippen LogP contribution in [0, 0.1) is 31.0 Å². The molecule has 170 valence electrons. The summed E-state index contributed by atoms with van der Waals surface area (Å²) in [5.41, 5.74) is 2.55. The molecule has 0 aliphatic carbocycles. The Morgan fingerprint density at radius 3 is 2.71 bits per heavy atom. The van der Waals surface area contributed by atoms with Crippen molar-refractivity contribution in [2.24, 2.45) is 0 Å². The van der Waals surface area contributed by atoms with Crippen LogP contribution in [0.25, 0.3) is 22.7 Å². The number of hydrogen-bond acceptors (Lipinski definition) is 9. The van der Waals surface area contributed by atoms with Crippen LogP contribution in [-0.4, -0.2) is 39.6 Å². The van der Waals surface area contributed by atoms with Crippen molar-refractivity contribution in [1.29, 1.82) is 5.26 Å². The van der Waals surface area contributed by atoms with E-state index in [-0.39, 0.29) is 17.4 Å². The molecule has 0 aliphatic rings. The molecule has 0 bridgehead atoms. The molecule has 0 saturated carbocycles. The number of aryl methyl sites for hydroxylation is 2. The first-order valence-corrected chi connectivity index (χ1v) is 10.2. The summed E-state index contributed by atoms with van der Waals surface area (Å²) in [7, 11) is 0. The maximum absolute atomic E-state index is 14.9. The smallest absolute Gasteiger partial charge is 0.320 e. The predicted octanol–water partition coefficient (Wildman–Crippen LogP) is 3.41. The largest absolute Gasteiger partial charge is 0.408 e. The summed E-state index contributed by atoms with van der Waals surface area (Å²) >= 11 is 0. The maximum atomic E-state index is 14.9. The molecule has 0 amide bonds. The van der Waals surface area contributed by atoms with Gasteiger partial charge in [0.2, 0.25) is 5.89 Å². The number of hydrogen-bond donors (Lipinski definition) is 2. The average Bonchev–Trinajstić information content (AvgIpc) is 3.51. The second-order valence-electron chi connectivity index (χ2n) is 7.64. The number of benzene rings is 1. The third kappa shape index (κ3) is 3.63. The molecule has 0 radical (unpaired) electrons. The van der Waals surface area contributed by atoms with Gasteiger partial charge in [-0.2, -0.15) is 10.4 Å². The van der Waals surface area contributed by atoms with Crippen molar-refractivity contribution < 1.29 is 13.9 Å². The molecule has 5 rings (SSSR count). The van der Waals surface area contributed by atoms with Crippen LogP contribution in [0.15, 0.2) is 41.1 Å². The van der Waals surface area contributed by atoms with E-state index in [1.165, 1.54) is 23.1 Å². The number of anilines is 2. The van der Waals surface area contributed by atoms with Crippen LogP contribution < -0.4 is 5.32 Å². The Hall–Kier alpha value is -4.63.